The fourth-order valence-electron chi connectivity index (χ4n) is 3.19. The number of carbonyl (C=O) groups excluding carboxylic acids is 1. The first-order chi connectivity index (χ1) is 9.92. The van der Waals surface area contributed by atoms with E-state index in [1.807, 2.05) is 30.3 Å². The number of nitrogens with zero attached hydrogens (tertiary/aromatic N) is 1. The summed E-state index contributed by atoms with van der Waals surface area (Å²) in [6.45, 7) is -4.37. The van der Waals surface area contributed by atoms with Crippen LogP contribution in [0.1, 0.15) is 18.4 Å². The minimum Gasteiger partial charge on any atom is -0.449 e. The summed E-state index contributed by atoms with van der Waals surface area (Å²) in [6, 6.07) is 9.22. The van der Waals surface area contributed by atoms with E-state index in [1.54, 1.807) is 0 Å². The van der Waals surface area contributed by atoms with E-state index < -0.39 is 24.3 Å². The molecule has 21 heavy (non-hydrogen) atoms. The van der Waals surface area contributed by atoms with Gasteiger partial charge in [-0.25, -0.2) is 4.79 Å². The third-order valence-electron chi connectivity index (χ3n) is 4.68. The SMILES string of the molecule is O=C(OCc1ccccc1)N1CCC2([B-](F)(F)F)CC2C1. The normalized spacial score (nSPS) is 28.0. The predicted molar refractivity (Wildman–Crippen MR) is 72.7 cm³/mol. The van der Waals surface area contributed by atoms with Crippen molar-refractivity contribution < 1.29 is 22.5 Å². The molecule has 2 aliphatic rings. The highest BCUT2D eigenvalue weighted by molar-refractivity contribution is 6.63. The van der Waals surface area contributed by atoms with Gasteiger partial charge >= 0.3 is 13.1 Å². The number of carbonyl (C=O) groups is 1. The smallest absolute Gasteiger partial charge is 0.449 e. The van der Waals surface area contributed by atoms with Crippen LogP contribution in [-0.2, 0) is 11.3 Å². The van der Waals surface area contributed by atoms with E-state index in [-0.39, 0.29) is 32.5 Å². The lowest BCUT2D eigenvalue weighted by atomic mass is 9.64. The third-order valence-corrected chi connectivity index (χ3v) is 4.68. The molecule has 1 amide bonds. The Morgan fingerprint density at radius 1 is 1.33 bits per heavy atom. The number of hydrogen-bond acceptors (Lipinski definition) is 2. The maximum atomic E-state index is 13.0. The van der Waals surface area contributed by atoms with Crippen molar-refractivity contribution in [2.75, 3.05) is 13.1 Å². The molecular weight excluding hydrogens is 282 g/mol. The van der Waals surface area contributed by atoms with Crippen LogP contribution in [0.25, 0.3) is 0 Å². The molecule has 3 rings (SSSR count). The molecule has 0 aromatic heterocycles. The zero-order valence-electron chi connectivity index (χ0n) is 11.5. The van der Waals surface area contributed by atoms with E-state index in [1.165, 1.54) is 4.90 Å². The zero-order valence-corrected chi connectivity index (χ0v) is 11.5. The Labute approximate surface area is 121 Å². The highest BCUT2D eigenvalue weighted by Gasteiger charge is 2.66. The van der Waals surface area contributed by atoms with Gasteiger partial charge in [-0.3, -0.25) is 0 Å². The van der Waals surface area contributed by atoms with Gasteiger partial charge in [0.2, 0.25) is 0 Å². The quantitative estimate of drug-likeness (QED) is 0.797. The van der Waals surface area contributed by atoms with Crippen LogP contribution in [0.3, 0.4) is 0 Å². The van der Waals surface area contributed by atoms with Crippen LogP contribution < -0.4 is 0 Å². The van der Waals surface area contributed by atoms with Crippen LogP contribution in [0.5, 0.6) is 0 Å². The number of amides is 1. The first-order valence-electron chi connectivity index (χ1n) is 7.07. The highest BCUT2D eigenvalue weighted by Crippen LogP contribution is 2.71. The van der Waals surface area contributed by atoms with Gasteiger partial charge in [-0.1, -0.05) is 48.5 Å². The van der Waals surface area contributed by atoms with Crippen molar-refractivity contribution in [3.05, 3.63) is 35.9 Å². The van der Waals surface area contributed by atoms with Gasteiger partial charge in [-0.2, -0.15) is 0 Å². The molecule has 2 fully saturated rings. The molecule has 1 saturated carbocycles. The Morgan fingerprint density at radius 3 is 2.67 bits per heavy atom. The number of rotatable bonds is 3. The third kappa shape index (κ3) is 2.61. The van der Waals surface area contributed by atoms with Crippen molar-refractivity contribution in [3.8, 4) is 0 Å². The van der Waals surface area contributed by atoms with Crippen molar-refractivity contribution >= 4 is 13.1 Å². The maximum absolute atomic E-state index is 13.0. The molecule has 7 heteroatoms. The van der Waals surface area contributed by atoms with Crippen molar-refractivity contribution in [1.82, 2.24) is 4.90 Å². The first-order valence-corrected chi connectivity index (χ1v) is 7.07. The van der Waals surface area contributed by atoms with Crippen LogP contribution in [0.2, 0.25) is 5.31 Å². The predicted octanol–water partition coefficient (Wildman–Crippen LogP) is 3.64. The van der Waals surface area contributed by atoms with E-state index in [9.17, 15) is 17.7 Å². The van der Waals surface area contributed by atoms with E-state index in [4.69, 9.17) is 4.74 Å². The van der Waals surface area contributed by atoms with Gasteiger partial charge in [0.05, 0.1) is 0 Å². The van der Waals surface area contributed by atoms with Crippen LogP contribution in [0, 0.1) is 5.92 Å². The number of benzene rings is 1. The number of ether oxygens (including phenoxy) is 1. The van der Waals surface area contributed by atoms with Crippen LogP contribution in [0.4, 0.5) is 17.7 Å². The van der Waals surface area contributed by atoms with Crippen molar-refractivity contribution in [2.45, 2.75) is 24.8 Å². The number of halogens is 3. The van der Waals surface area contributed by atoms with E-state index in [2.05, 4.69) is 0 Å². The number of piperidine rings is 1. The zero-order chi connectivity index (χ0) is 15.1. The minimum absolute atomic E-state index is 0.0155. The summed E-state index contributed by atoms with van der Waals surface area (Å²) in [5.41, 5.74) is 0.863. The monoisotopic (exact) mass is 298 g/mol. The Balaban J connectivity index is 1.52. The van der Waals surface area contributed by atoms with Gasteiger partial charge in [0.1, 0.15) is 6.61 Å². The van der Waals surface area contributed by atoms with E-state index in [0.717, 1.165) is 5.56 Å². The molecule has 1 aromatic rings. The Morgan fingerprint density at radius 2 is 2.05 bits per heavy atom. The van der Waals surface area contributed by atoms with Crippen LogP contribution in [0.15, 0.2) is 30.3 Å². The lowest BCUT2D eigenvalue weighted by Gasteiger charge is -2.36. The minimum atomic E-state index is -4.81. The molecule has 1 heterocycles. The molecule has 2 atom stereocenters. The topological polar surface area (TPSA) is 29.5 Å². The summed E-state index contributed by atoms with van der Waals surface area (Å²) in [5.74, 6) is -0.435. The molecule has 0 N–H and O–H groups in total. The lowest BCUT2D eigenvalue weighted by Crippen LogP contribution is -2.42. The lowest BCUT2D eigenvalue weighted by molar-refractivity contribution is 0.0867. The van der Waals surface area contributed by atoms with Crippen molar-refractivity contribution in [3.63, 3.8) is 0 Å². The standard InChI is InChI=1S/C14H16BF3NO2/c16-15(17,18)14-6-7-19(9-12(14)8-14)13(20)21-10-11-4-2-1-3-5-11/h1-5,12H,6-10H2/q-1. The summed E-state index contributed by atoms with van der Waals surface area (Å²) in [6.07, 6.45) is -0.338. The van der Waals surface area contributed by atoms with E-state index >= 15 is 0 Å². The molecule has 1 aliphatic carbocycles. The summed E-state index contributed by atoms with van der Waals surface area (Å²) < 4.78 is 44.1. The van der Waals surface area contributed by atoms with Crippen LogP contribution >= 0.6 is 0 Å². The second kappa shape index (κ2) is 4.96. The van der Waals surface area contributed by atoms with Gasteiger partial charge in [-0.15, -0.1) is 0 Å². The maximum Gasteiger partial charge on any atom is 0.484 e. The van der Waals surface area contributed by atoms with Gasteiger partial charge in [0, 0.05) is 13.1 Å². The Kier molecular flexibility index (Phi) is 3.38. The van der Waals surface area contributed by atoms with Gasteiger partial charge in [-0.05, 0) is 11.5 Å². The van der Waals surface area contributed by atoms with E-state index in [0.29, 0.717) is 0 Å². The largest absolute Gasteiger partial charge is 0.484 e. The Hall–Kier alpha value is -1.66. The molecular formula is C14H16BF3NO2-. The molecule has 1 aliphatic heterocycles. The summed E-state index contributed by atoms with van der Waals surface area (Å²) >= 11 is 0. The average molecular weight is 298 g/mol. The van der Waals surface area contributed by atoms with Crippen molar-refractivity contribution in [1.29, 1.82) is 0 Å². The molecule has 2 unspecified atom stereocenters. The van der Waals surface area contributed by atoms with Crippen LogP contribution in [-0.4, -0.2) is 31.1 Å². The van der Waals surface area contributed by atoms with Gasteiger partial charge in [0.15, 0.2) is 0 Å². The average Bonchev–Trinajstić information content (AvgIpc) is 3.20. The summed E-state index contributed by atoms with van der Waals surface area (Å²) in [5, 5.41) is -1.48. The molecule has 0 spiro atoms. The summed E-state index contributed by atoms with van der Waals surface area (Å²) in [7, 11) is 0. The molecule has 1 aromatic carbocycles. The fourth-order valence-corrected chi connectivity index (χ4v) is 3.19. The second-order valence-electron chi connectivity index (χ2n) is 5.95. The number of fused-ring (bicyclic) bond motifs is 1. The van der Waals surface area contributed by atoms with Crippen molar-refractivity contribution in [2.24, 2.45) is 5.92 Å². The highest BCUT2D eigenvalue weighted by atomic mass is 19.4. The number of likely N-dealkylation sites (tertiary alicyclic amines) is 1. The molecule has 0 radical (unpaired) electrons. The molecule has 114 valence electrons. The summed E-state index contributed by atoms with van der Waals surface area (Å²) in [4.78, 5) is 13.3. The van der Waals surface area contributed by atoms with Gasteiger partial charge < -0.3 is 22.6 Å². The van der Waals surface area contributed by atoms with Gasteiger partial charge in [0.25, 0.3) is 0 Å². The molecule has 3 nitrogen and oxygen atoms in total. The number of hydrogen-bond donors (Lipinski definition) is 0. The first kappa shape index (κ1) is 14.3. The fraction of sp³-hybridized carbons (Fsp3) is 0.500. The second-order valence-corrected chi connectivity index (χ2v) is 5.95. The molecule has 0 bridgehead atoms. The Bertz CT molecular complexity index is 537. The molecule has 1 saturated heterocycles.